The predicted molar refractivity (Wildman–Crippen MR) is 163 cm³/mol. The molecule has 1 N–H and O–H groups in total. The Morgan fingerprint density at radius 1 is 1.10 bits per heavy atom. The first-order chi connectivity index (χ1) is 19.2. The van der Waals surface area contributed by atoms with Crippen molar-refractivity contribution in [2.24, 2.45) is 5.92 Å². The zero-order valence-electron chi connectivity index (χ0n) is 23.5. The third-order valence-corrected chi connectivity index (χ3v) is 9.42. The molecule has 216 valence electrons. The second-order valence-electron chi connectivity index (χ2n) is 10.6. The molecular weight excluding hydrogens is 547 g/mol. The highest BCUT2D eigenvalue weighted by Crippen LogP contribution is 2.39. The Balaban J connectivity index is 0.00000181. The van der Waals surface area contributed by atoms with Gasteiger partial charge in [0.25, 0.3) is 0 Å². The summed E-state index contributed by atoms with van der Waals surface area (Å²) in [6.07, 6.45) is 9.16. The lowest BCUT2D eigenvalue weighted by Gasteiger charge is -2.27. The minimum absolute atomic E-state index is 0.00224. The van der Waals surface area contributed by atoms with Crippen molar-refractivity contribution in [3.8, 4) is 5.69 Å². The molecule has 1 aromatic heterocycles. The number of sulfonamides is 1. The zero-order valence-corrected chi connectivity index (χ0v) is 25.5. The van der Waals surface area contributed by atoms with Crippen LogP contribution in [0.1, 0.15) is 87.7 Å². The molecule has 0 saturated heterocycles. The van der Waals surface area contributed by atoms with E-state index in [1.54, 1.807) is 22.9 Å². The van der Waals surface area contributed by atoms with Crippen molar-refractivity contribution < 1.29 is 17.2 Å². The molecule has 1 heterocycles. The minimum Gasteiger partial charge on any atom is -0.234 e. The predicted octanol–water partition coefficient (Wildman–Crippen LogP) is 6.81. The first-order valence-electron chi connectivity index (χ1n) is 14.3. The van der Waals surface area contributed by atoms with Gasteiger partial charge in [-0.25, -0.2) is 26.6 Å². The number of rotatable bonds is 8. The molecule has 1 fully saturated rings. The van der Waals surface area contributed by atoms with Gasteiger partial charge in [-0.2, -0.15) is 5.10 Å². The molecule has 2 unspecified atom stereocenters. The molecule has 0 aliphatic heterocycles. The van der Waals surface area contributed by atoms with E-state index in [0.29, 0.717) is 30.1 Å². The van der Waals surface area contributed by atoms with E-state index in [1.807, 2.05) is 26.8 Å². The highest BCUT2D eigenvalue weighted by Gasteiger charge is 2.32. The molecule has 2 aromatic carbocycles. The molecule has 0 spiro atoms. The molecular formula is C31H40F2N3O2PS. The van der Waals surface area contributed by atoms with Crippen LogP contribution in [0, 0.1) is 17.6 Å². The smallest absolute Gasteiger partial charge is 0.234 e. The Hall–Kier alpha value is -2.41. The molecule has 1 saturated carbocycles. The van der Waals surface area contributed by atoms with Gasteiger partial charge in [0.05, 0.1) is 11.4 Å². The summed E-state index contributed by atoms with van der Waals surface area (Å²) < 4.78 is 59.2. The van der Waals surface area contributed by atoms with Gasteiger partial charge in [-0.3, -0.25) is 0 Å². The summed E-state index contributed by atoms with van der Waals surface area (Å²) in [5.74, 6) is -0.357. The maximum absolute atomic E-state index is 15.1. The van der Waals surface area contributed by atoms with Crippen molar-refractivity contribution in [3.63, 3.8) is 0 Å². The number of aromatic nitrogens is 2. The Bertz CT molecular complexity index is 1450. The molecule has 0 bridgehead atoms. The van der Waals surface area contributed by atoms with Crippen LogP contribution in [0.3, 0.4) is 0 Å². The minimum atomic E-state index is -3.68. The first kappa shape index (κ1) is 30.5. The van der Waals surface area contributed by atoms with Gasteiger partial charge in [0.15, 0.2) is 0 Å². The molecule has 0 amide bonds. The van der Waals surface area contributed by atoms with Crippen LogP contribution in [0.25, 0.3) is 11.8 Å². The molecule has 5 nitrogen and oxygen atoms in total. The Labute approximate surface area is 239 Å². The molecule has 0 radical (unpaired) electrons. The van der Waals surface area contributed by atoms with Crippen molar-refractivity contribution in [2.45, 2.75) is 84.1 Å². The number of benzene rings is 2. The zero-order chi connectivity index (χ0) is 28.9. The summed E-state index contributed by atoms with van der Waals surface area (Å²) in [5, 5.41) is 6.59. The van der Waals surface area contributed by atoms with Gasteiger partial charge < -0.3 is 0 Å². The van der Waals surface area contributed by atoms with Crippen LogP contribution in [-0.4, -0.2) is 24.2 Å². The second-order valence-corrected chi connectivity index (χ2v) is 12.9. The average Bonchev–Trinajstić information content (AvgIpc) is 3.50. The van der Waals surface area contributed by atoms with Crippen LogP contribution < -0.4 is 10.0 Å². The number of hydrogen-bond acceptors (Lipinski definition) is 3. The molecule has 3 atom stereocenters. The van der Waals surface area contributed by atoms with Crippen LogP contribution in [0.4, 0.5) is 8.78 Å². The number of halogens is 2. The van der Waals surface area contributed by atoms with E-state index in [2.05, 4.69) is 14.0 Å². The highest BCUT2D eigenvalue weighted by molar-refractivity contribution is 7.92. The van der Waals surface area contributed by atoms with Crippen LogP contribution in [0.2, 0.25) is 0 Å². The lowest BCUT2D eigenvalue weighted by Crippen LogP contribution is -2.37. The summed E-state index contributed by atoms with van der Waals surface area (Å²) >= 11 is 0. The van der Waals surface area contributed by atoms with E-state index >= 15 is 4.39 Å². The van der Waals surface area contributed by atoms with E-state index < -0.39 is 15.8 Å². The van der Waals surface area contributed by atoms with Crippen LogP contribution in [-0.2, 0) is 22.9 Å². The van der Waals surface area contributed by atoms with Gasteiger partial charge in [-0.15, -0.1) is 9.24 Å². The summed E-state index contributed by atoms with van der Waals surface area (Å²) in [6.45, 7) is 5.93. The molecule has 5 rings (SSSR count). The van der Waals surface area contributed by atoms with E-state index in [-0.39, 0.29) is 17.8 Å². The van der Waals surface area contributed by atoms with Crippen molar-refractivity contribution >= 4 is 30.6 Å². The maximum Gasteiger partial charge on any atom is 0.234 e. The quantitative estimate of drug-likeness (QED) is 0.295. The van der Waals surface area contributed by atoms with E-state index in [0.717, 1.165) is 54.2 Å². The van der Waals surface area contributed by atoms with Crippen LogP contribution in [0.15, 0.2) is 47.9 Å². The van der Waals surface area contributed by atoms with Crippen molar-refractivity contribution in [1.82, 2.24) is 14.5 Å². The molecule has 2 aliphatic rings. The van der Waals surface area contributed by atoms with E-state index in [1.165, 1.54) is 36.1 Å². The second kappa shape index (κ2) is 13.5. The molecule has 9 heteroatoms. The molecule has 3 aromatic rings. The van der Waals surface area contributed by atoms with Gasteiger partial charge >= 0.3 is 0 Å². The van der Waals surface area contributed by atoms with Crippen molar-refractivity contribution in [3.05, 3.63) is 82.0 Å². The SMILES string of the molecule is CC.C[C@@H](NS(=O)(=O)/C=C/c1nn(-c2ccc(P)cc2F)c2c1CCC2Cc1cccc(F)c1)C1CCCCC1. The normalized spacial score (nSPS) is 18.4. The maximum atomic E-state index is 15.1. The van der Waals surface area contributed by atoms with Gasteiger partial charge in [-0.05, 0) is 86.2 Å². The lowest BCUT2D eigenvalue weighted by atomic mass is 9.85. The monoisotopic (exact) mass is 587 g/mol. The van der Waals surface area contributed by atoms with Crippen LogP contribution in [0.5, 0.6) is 0 Å². The van der Waals surface area contributed by atoms with Crippen molar-refractivity contribution in [1.29, 1.82) is 0 Å². The van der Waals surface area contributed by atoms with E-state index in [4.69, 9.17) is 5.10 Å². The van der Waals surface area contributed by atoms with Gasteiger partial charge in [0.2, 0.25) is 10.0 Å². The average molecular weight is 588 g/mol. The first-order valence-corrected chi connectivity index (χ1v) is 16.4. The van der Waals surface area contributed by atoms with Gasteiger partial charge in [-0.1, -0.05) is 51.3 Å². The summed E-state index contributed by atoms with van der Waals surface area (Å²) in [7, 11) is -1.20. The fraction of sp³-hybridized carbons (Fsp3) is 0.452. The Kier molecular flexibility index (Phi) is 10.3. The largest absolute Gasteiger partial charge is 0.234 e. The van der Waals surface area contributed by atoms with Gasteiger partial charge in [0, 0.05) is 22.9 Å². The highest BCUT2D eigenvalue weighted by atomic mass is 32.2. The van der Waals surface area contributed by atoms with Crippen LogP contribution >= 0.6 is 9.24 Å². The summed E-state index contributed by atoms with van der Waals surface area (Å²) in [5.41, 5.74) is 3.45. The topological polar surface area (TPSA) is 64.0 Å². The number of nitrogens with zero attached hydrogens (tertiary/aromatic N) is 2. The third-order valence-electron chi connectivity index (χ3n) is 7.87. The van der Waals surface area contributed by atoms with Gasteiger partial charge in [0.1, 0.15) is 17.3 Å². The third kappa shape index (κ3) is 7.26. The number of fused-ring (bicyclic) bond motifs is 1. The standard InChI is InChI=1S/C29H34F2N3O2PS.C2H6/c1-19(21-7-3-2-4-8-21)33-38(35,36)15-14-27-25-12-10-22(16-20-6-5-9-23(30)17-20)29(25)34(32-27)28-13-11-24(37)18-26(28)31;1-2/h5-6,9,11,13-15,17-19,21-22,33H,2-4,7-8,10,12,16,37H2,1H3;1-2H3/b15-14+;/t19-,22?;/m1./s1. The molecule has 2 aliphatic carbocycles. The lowest BCUT2D eigenvalue weighted by molar-refractivity contribution is 0.303. The fourth-order valence-electron chi connectivity index (χ4n) is 5.95. The van der Waals surface area contributed by atoms with E-state index in [9.17, 15) is 12.8 Å². The fourth-order valence-corrected chi connectivity index (χ4v) is 7.29. The number of nitrogens with one attached hydrogen (secondary N) is 1. The Morgan fingerprint density at radius 2 is 1.85 bits per heavy atom. The van der Waals surface area contributed by atoms with Crippen molar-refractivity contribution in [2.75, 3.05) is 0 Å². The number of hydrogen-bond donors (Lipinski definition) is 1. The summed E-state index contributed by atoms with van der Waals surface area (Å²) in [4.78, 5) is 0. The molecule has 40 heavy (non-hydrogen) atoms. The Morgan fingerprint density at radius 3 is 2.55 bits per heavy atom. The summed E-state index contributed by atoms with van der Waals surface area (Å²) in [6, 6.07) is 11.3.